The standard InChI is InChI=1S/C7HF4NO4/c8-2-1(7(13)14)3(9)5(11)6(4(2)10)12(15)16/h(H,13,14)/p-1. The van der Waals surface area contributed by atoms with Crippen LogP contribution in [-0.4, -0.2) is 10.9 Å². The molecule has 86 valence electrons. The molecule has 0 bridgehead atoms. The number of hydrogen-bond donors (Lipinski definition) is 0. The van der Waals surface area contributed by atoms with Crippen LogP contribution in [0.5, 0.6) is 0 Å². The van der Waals surface area contributed by atoms with Gasteiger partial charge < -0.3 is 9.90 Å². The highest BCUT2D eigenvalue weighted by atomic mass is 19.2. The first-order valence-corrected chi connectivity index (χ1v) is 3.50. The van der Waals surface area contributed by atoms with Gasteiger partial charge in [-0.25, -0.2) is 8.78 Å². The van der Waals surface area contributed by atoms with Crippen molar-refractivity contribution in [2.75, 3.05) is 0 Å². The van der Waals surface area contributed by atoms with E-state index >= 15 is 0 Å². The first-order valence-electron chi connectivity index (χ1n) is 3.50. The summed E-state index contributed by atoms with van der Waals surface area (Å²) in [6, 6.07) is 0. The molecule has 1 aromatic carbocycles. The van der Waals surface area contributed by atoms with Crippen LogP contribution in [0, 0.1) is 33.4 Å². The van der Waals surface area contributed by atoms with Crippen LogP contribution in [0.2, 0.25) is 0 Å². The summed E-state index contributed by atoms with van der Waals surface area (Å²) in [5.74, 6) is -12.1. The number of carboxylic acid groups (broad SMARTS) is 1. The molecule has 1 rings (SSSR count). The fraction of sp³-hybridized carbons (Fsp3) is 0. The Morgan fingerprint density at radius 2 is 1.38 bits per heavy atom. The van der Waals surface area contributed by atoms with E-state index in [1.807, 2.05) is 0 Å². The predicted octanol–water partition coefficient (Wildman–Crippen LogP) is 0.515. The second kappa shape index (κ2) is 3.76. The molecule has 0 aliphatic rings. The number of halogens is 4. The molecule has 0 saturated carbocycles. The number of nitro groups is 1. The highest BCUT2D eigenvalue weighted by Gasteiger charge is 2.33. The fourth-order valence-corrected chi connectivity index (χ4v) is 0.960. The molecule has 0 saturated heterocycles. The van der Waals surface area contributed by atoms with Gasteiger partial charge in [-0.05, 0) is 0 Å². The molecule has 9 heteroatoms. The average molecular weight is 238 g/mol. The second-order valence-electron chi connectivity index (χ2n) is 2.52. The van der Waals surface area contributed by atoms with Crippen molar-refractivity contribution in [2.24, 2.45) is 0 Å². The van der Waals surface area contributed by atoms with E-state index < -0.39 is 45.4 Å². The maximum absolute atomic E-state index is 12.8. The Labute approximate surface area is 84.1 Å². The minimum absolute atomic E-state index is 1.71. The zero-order chi connectivity index (χ0) is 12.6. The Balaban J connectivity index is 3.77. The van der Waals surface area contributed by atoms with Gasteiger partial charge in [-0.2, -0.15) is 8.78 Å². The van der Waals surface area contributed by atoms with E-state index in [1.165, 1.54) is 0 Å². The van der Waals surface area contributed by atoms with Crippen LogP contribution < -0.4 is 5.11 Å². The molecule has 0 N–H and O–H groups in total. The van der Waals surface area contributed by atoms with E-state index in [4.69, 9.17) is 0 Å². The summed E-state index contributed by atoms with van der Waals surface area (Å²) in [6.07, 6.45) is 0. The number of nitro benzene ring substituents is 1. The molecule has 0 heterocycles. The van der Waals surface area contributed by atoms with Crippen molar-refractivity contribution in [1.29, 1.82) is 0 Å². The lowest BCUT2D eigenvalue weighted by Crippen LogP contribution is -2.26. The highest BCUT2D eigenvalue weighted by molar-refractivity contribution is 5.87. The smallest absolute Gasteiger partial charge is 0.346 e. The molecule has 0 aliphatic heterocycles. The zero-order valence-corrected chi connectivity index (χ0v) is 7.09. The highest BCUT2D eigenvalue weighted by Crippen LogP contribution is 2.29. The van der Waals surface area contributed by atoms with Crippen LogP contribution in [0.15, 0.2) is 0 Å². The van der Waals surface area contributed by atoms with Crippen molar-refractivity contribution in [2.45, 2.75) is 0 Å². The molecule has 0 atom stereocenters. The number of aromatic carboxylic acids is 1. The van der Waals surface area contributed by atoms with Crippen LogP contribution >= 0.6 is 0 Å². The predicted molar refractivity (Wildman–Crippen MR) is 37.3 cm³/mol. The summed E-state index contributed by atoms with van der Waals surface area (Å²) in [7, 11) is 0. The van der Waals surface area contributed by atoms with E-state index in [9.17, 15) is 37.6 Å². The van der Waals surface area contributed by atoms with Crippen LogP contribution in [0.1, 0.15) is 10.4 Å². The van der Waals surface area contributed by atoms with Gasteiger partial charge in [0.25, 0.3) is 0 Å². The molecule has 16 heavy (non-hydrogen) atoms. The number of carbonyl (C=O) groups is 1. The van der Waals surface area contributed by atoms with Gasteiger partial charge in [0.15, 0.2) is 11.6 Å². The molecule has 1 aromatic rings. The number of nitrogens with zero attached hydrogens (tertiary/aromatic N) is 1. The molecule has 0 fully saturated rings. The third-order valence-electron chi connectivity index (χ3n) is 1.63. The summed E-state index contributed by atoms with van der Waals surface area (Å²) in [5, 5.41) is 20.2. The molecule has 0 aliphatic carbocycles. The maximum Gasteiger partial charge on any atom is 0.346 e. The van der Waals surface area contributed by atoms with Crippen molar-refractivity contribution in [3.63, 3.8) is 0 Å². The number of carbonyl (C=O) groups excluding carboxylic acids is 1. The van der Waals surface area contributed by atoms with Gasteiger partial charge in [0, 0.05) is 0 Å². The average Bonchev–Trinajstić information content (AvgIpc) is 2.14. The van der Waals surface area contributed by atoms with Crippen molar-refractivity contribution >= 4 is 11.7 Å². The third kappa shape index (κ3) is 1.55. The lowest BCUT2D eigenvalue weighted by Gasteiger charge is -2.07. The molecule has 0 unspecified atom stereocenters. The van der Waals surface area contributed by atoms with Crippen LogP contribution in [0.3, 0.4) is 0 Å². The number of carboxylic acids is 1. The normalized spacial score (nSPS) is 10.2. The van der Waals surface area contributed by atoms with Gasteiger partial charge in [0.05, 0.1) is 16.5 Å². The Kier molecular flexibility index (Phi) is 2.79. The fourth-order valence-electron chi connectivity index (χ4n) is 0.960. The Morgan fingerprint density at radius 3 is 1.62 bits per heavy atom. The molecule has 0 radical (unpaired) electrons. The molecular weight excluding hydrogens is 238 g/mol. The first kappa shape index (κ1) is 11.9. The summed E-state index contributed by atoms with van der Waals surface area (Å²) in [5.41, 5.74) is -4.12. The summed E-state index contributed by atoms with van der Waals surface area (Å²) in [4.78, 5) is 18.5. The Bertz CT molecular complexity index is 428. The van der Waals surface area contributed by atoms with Crippen molar-refractivity contribution < 1.29 is 32.4 Å². The van der Waals surface area contributed by atoms with Gasteiger partial charge in [-0.1, -0.05) is 0 Å². The SMILES string of the molecule is O=C([O-])c1c(F)c(F)c([N+](=O)[O-])c(F)c1F. The summed E-state index contributed by atoms with van der Waals surface area (Å²) in [6.45, 7) is 0. The van der Waals surface area contributed by atoms with E-state index in [0.29, 0.717) is 0 Å². The zero-order valence-electron chi connectivity index (χ0n) is 7.09. The number of rotatable bonds is 2. The lowest BCUT2D eigenvalue weighted by atomic mass is 10.1. The minimum atomic E-state index is -2.53. The molecule has 0 amide bonds. The van der Waals surface area contributed by atoms with Crippen molar-refractivity contribution in [3.8, 4) is 0 Å². The van der Waals surface area contributed by atoms with Gasteiger partial charge in [0.2, 0.25) is 11.6 Å². The van der Waals surface area contributed by atoms with Crippen LogP contribution in [-0.2, 0) is 0 Å². The number of hydrogen-bond acceptors (Lipinski definition) is 4. The quantitative estimate of drug-likeness (QED) is 0.325. The van der Waals surface area contributed by atoms with Gasteiger partial charge in [-0.15, -0.1) is 0 Å². The van der Waals surface area contributed by atoms with E-state index in [-0.39, 0.29) is 0 Å². The van der Waals surface area contributed by atoms with Gasteiger partial charge >= 0.3 is 5.69 Å². The summed E-state index contributed by atoms with van der Waals surface area (Å²) < 4.78 is 51.2. The molecule has 5 nitrogen and oxygen atoms in total. The van der Waals surface area contributed by atoms with Crippen molar-refractivity contribution in [3.05, 3.63) is 38.9 Å². The largest absolute Gasteiger partial charge is 0.545 e. The summed E-state index contributed by atoms with van der Waals surface area (Å²) >= 11 is 0. The minimum Gasteiger partial charge on any atom is -0.545 e. The van der Waals surface area contributed by atoms with Gasteiger partial charge in [0.1, 0.15) is 0 Å². The third-order valence-corrected chi connectivity index (χ3v) is 1.63. The van der Waals surface area contributed by atoms with Gasteiger partial charge in [-0.3, -0.25) is 10.1 Å². The monoisotopic (exact) mass is 238 g/mol. The van der Waals surface area contributed by atoms with E-state index in [2.05, 4.69) is 0 Å². The first-order chi connectivity index (χ1) is 7.29. The van der Waals surface area contributed by atoms with Crippen LogP contribution in [0.25, 0.3) is 0 Å². The number of benzene rings is 1. The molecule has 0 aromatic heterocycles. The molecular formula is C7F4NO4-. The van der Waals surface area contributed by atoms with Crippen molar-refractivity contribution in [1.82, 2.24) is 0 Å². The topological polar surface area (TPSA) is 83.3 Å². The second-order valence-corrected chi connectivity index (χ2v) is 2.52. The van der Waals surface area contributed by atoms with E-state index in [1.54, 1.807) is 0 Å². The Hall–Kier alpha value is -2.19. The maximum atomic E-state index is 12.8. The lowest BCUT2D eigenvalue weighted by molar-refractivity contribution is -0.390. The van der Waals surface area contributed by atoms with E-state index in [0.717, 1.165) is 0 Å². The Morgan fingerprint density at radius 1 is 1.00 bits per heavy atom. The molecule has 0 spiro atoms. The van der Waals surface area contributed by atoms with Crippen LogP contribution in [0.4, 0.5) is 23.2 Å².